The second kappa shape index (κ2) is 12.4. The smallest absolute Gasteiger partial charge is 0.303 e. The Hall–Kier alpha value is -2.65. The first-order valence-electron chi connectivity index (χ1n) is 10.00. The lowest BCUT2D eigenvalue weighted by atomic mass is 10.2. The number of morpholine rings is 1. The number of nitrogens with zero attached hydrogens (tertiary/aromatic N) is 2. The number of nitrogens with one attached hydrogen (secondary N) is 2. The van der Waals surface area contributed by atoms with Gasteiger partial charge in [0.25, 0.3) is 5.91 Å². The van der Waals surface area contributed by atoms with Crippen molar-refractivity contribution in [3.05, 3.63) is 35.0 Å². The molecule has 2 rings (SSSR count). The monoisotopic (exact) mass is 484 g/mol. The highest BCUT2D eigenvalue weighted by Crippen LogP contribution is 2.27. The predicted molar refractivity (Wildman–Crippen MR) is 117 cm³/mol. The van der Waals surface area contributed by atoms with E-state index < -0.39 is 21.9 Å². The number of amides is 1. The summed E-state index contributed by atoms with van der Waals surface area (Å²) in [6.45, 7) is 1.44. The average Bonchev–Trinajstić information content (AvgIpc) is 2.78. The molecule has 0 aromatic heterocycles. The minimum atomic E-state index is -3.73. The number of ether oxygens (including phenoxy) is 1. The lowest BCUT2D eigenvalue weighted by molar-refractivity contribution is -0.137. The summed E-state index contributed by atoms with van der Waals surface area (Å²) in [6, 6.07) is 5.94. The molecule has 0 spiro atoms. The van der Waals surface area contributed by atoms with Gasteiger partial charge in [0.05, 0.1) is 28.8 Å². The molecule has 1 saturated heterocycles. The second-order valence-corrected chi connectivity index (χ2v) is 9.28. The quantitative estimate of drug-likeness (QED) is 0.245. The number of halogens is 1. The topological polar surface area (TPSA) is 149 Å². The van der Waals surface area contributed by atoms with E-state index in [0.29, 0.717) is 39.0 Å². The summed E-state index contributed by atoms with van der Waals surface area (Å²) in [4.78, 5) is 22.7. The molecule has 1 aromatic rings. The van der Waals surface area contributed by atoms with Gasteiger partial charge in [-0.1, -0.05) is 18.0 Å². The van der Waals surface area contributed by atoms with E-state index in [1.54, 1.807) is 6.07 Å². The van der Waals surface area contributed by atoms with Gasteiger partial charge in [-0.15, -0.1) is 0 Å². The van der Waals surface area contributed by atoms with Crippen LogP contribution >= 0.6 is 11.6 Å². The number of aliphatic carboxylic acids is 1. The van der Waals surface area contributed by atoms with Crippen molar-refractivity contribution in [3.8, 4) is 6.07 Å². The first-order valence-corrected chi connectivity index (χ1v) is 11.8. The largest absolute Gasteiger partial charge is 0.481 e. The van der Waals surface area contributed by atoms with E-state index in [2.05, 4.69) is 10.6 Å². The Balaban J connectivity index is 2.00. The molecule has 1 fully saturated rings. The Kier molecular flexibility index (Phi) is 9.93. The summed E-state index contributed by atoms with van der Waals surface area (Å²) in [5.41, 5.74) is 0.0169. The molecule has 3 N–H and O–H groups in total. The van der Waals surface area contributed by atoms with Crippen molar-refractivity contribution < 1.29 is 27.9 Å². The van der Waals surface area contributed by atoms with Crippen LogP contribution in [0.3, 0.4) is 0 Å². The van der Waals surface area contributed by atoms with E-state index in [4.69, 9.17) is 21.4 Å². The zero-order valence-corrected chi connectivity index (χ0v) is 18.9. The summed E-state index contributed by atoms with van der Waals surface area (Å²) in [6.07, 6.45) is 2.96. The van der Waals surface area contributed by atoms with Crippen LogP contribution < -0.4 is 10.6 Å². The van der Waals surface area contributed by atoms with Gasteiger partial charge in [-0.2, -0.15) is 9.57 Å². The van der Waals surface area contributed by atoms with Crippen LogP contribution in [0.1, 0.15) is 25.7 Å². The number of carboxylic acids is 1. The maximum Gasteiger partial charge on any atom is 0.303 e. The maximum absolute atomic E-state index is 12.8. The van der Waals surface area contributed by atoms with Crippen LogP contribution in [0.4, 0.5) is 5.69 Å². The molecule has 174 valence electrons. The summed E-state index contributed by atoms with van der Waals surface area (Å²) in [5.74, 6) is -1.47. The highest BCUT2D eigenvalue weighted by atomic mass is 35.5. The van der Waals surface area contributed by atoms with Gasteiger partial charge in [0, 0.05) is 32.3 Å². The molecule has 0 unspecified atom stereocenters. The summed E-state index contributed by atoms with van der Waals surface area (Å²) in [7, 11) is -3.73. The fourth-order valence-electron chi connectivity index (χ4n) is 2.89. The molecule has 0 aliphatic carbocycles. The molecule has 0 radical (unpaired) electrons. The third kappa shape index (κ3) is 7.49. The predicted octanol–water partition coefficient (Wildman–Crippen LogP) is 1.94. The van der Waals surface area contributed by atoms with Crippen LogP contribution in [0, 0.1) is 11.3 Å². The second-order valence-electron chi connectivity index (χ2n) is 6.93. The number of hydrogen-bond acceptors (Lipinski definition) is 7. The average molecular weight is 485 g/mol. The number of rotatable bonds is 11. The van der Waals surface area contributed by atoms with Gasteiger partial charge in [-0.3, -0.25) is 9.59 Å². The van der Waals surface area contributed by atoms with Crippen molar-refractivity contribution in [1.29, 1.82) is 5.26 Å². The van der Waals surface area contributed by atoms with Crippen molar-refractivity contribution in [1.82, 2.24) is 9.62 Å². The number of nitriles is 1. The number of anilines is 1. The van der Waals surface area contributed by atoms with Crippen LogP contribution in [0.5, 0.6) is 0 Å². The van der Waals surface area contributed by atoms with E-state index >= 15 is 0 Å². The van der Waals surface area contributed by atoms with Gasteiger partial charge in [-0.05, 0) is 31.0 Å². The lowest BCUT2D eigenvalue weighted by Gasteiger charge is -2.26. The van der Waals surface area contributed by atoms with Gasteiger partial charge >= 0.3 is 5.97 Å². The molecule has 0 bridgehead atoms. The molecule has 32 heavy (non-hydrogen) atoms. The molecule has 10 nitrogen and oxygen atoms in total. The first-order chi connectivity index (χ1) is 15.3. The highest BCUT2D eigenvalue weighted by molar-refractivity contribution is 7.89. The Labute approximate surface area is 191 Å². The maximum atomic E-state index is 12.8. The Morgan fingerprint density at radius 2 is 1.97 bits per heavy atom. The fourth-order valence-corrected chi connectivity index (χ4v) is 4.49. The molecule has 12 heteroatoms. The van der Waals surface area contributed by atoms with E-state index in [9.17, 15) is 23.3 Å². The van der Waals surface area contributed by atoms with Gasteiger partial charge in [0.2, 0.25) is 10.0 Å². The third-order valence-corrected chi connectivity index (χ3v) is 6.86. The van der Waals surface area contributed by atoms with E-state index in [0.717, 1.165) is 6.20 Å². The number of benzene rings is 1. The minimum absolute atomic E-state index is 0.0315. The van der Waals surface area contributed by atoms with Gasteiger partial charge < -0.3 is 20.5 Å². The van der Waals surface area contributed by atoms with Gasteiger partial charge in [-0.25, -0.2) is 8.42 Å². The lowest BCUT2D eigenvalue weighted by Crippen LogP contribution is -2.40. The molecular weight excluding hydrogens is 460 g/mol. The summed E-state index contributed by atoms with van der Waals surface area (Å²) < 4.78 is 32.2. The van der Waals surface area contributed by atoms with E-state index in [-0.39, 0.29) is 40.7 Å². The Morgan fingerprint density at radius 3 is 2.62 bits per heavy atom. The number of unbranched alkanes of at least 4 members (excludes halogenated alkanes) is 2. The standard InChI is InChI=1S/C20H25ClN4O6S/c21-17-6-5-16(32(29,30)25-8-10-31-11-9-25)12-18(17)24-14-15(13-22)20(28)23-7-3-1-2-4-19(26)27/h5-6,12,14,24H,1-4,7-11H2,(H,23,28)(H,26,27)/b15-14-. The third-order valence-electron chi connectivity index (χ3n) is 4.64. The van der Waals surface area contributed by atoms with Crippen LogP contribution in [0.2, 0.25) is 5.02 Å². The molecule has 0 saturated carbocycles. The number of carboxylic acid groups (broad SMARTS) is 1. The van der Waals surface area contributed by atoms with E-state index in [1.165, 1.54) is 22.5 Å². The SMILES string of the molecule is N#C/C(=C/Nc1cc(S(=O)(=O)N2CCOCC2)ccc1Cl)C(=O)NCCCCCC(=O)O. The van der Waals surface area contributed by atoms with Crippen LogP contribution in [0.15, 0.2) is 34.9 Å². The minimum Gasteiger partial charge on any atom is -0.481 e. The van der Waals surface area contributed by atoms with Gasteiger partial charge in [0.15, 0.2) is 0 Å². The van der Waals surface area contributed by atoms with Crippen molar-refractivity contribution >= 4 is 39.2 Å². The zero-order valence-electron chi connectivity index (χ0n) is 17.3. The summed E-state index contributed by atoms with van der Waals surface area (Å²) in [5, 5.41) is 23.4. The number of hydrogen-bond donors (Lipinski definition) is 3. The fraction of sp³-hybridized carbons (Fsp3) is 0.450. The van der Waals surface area contributed by atoms with Crippen LogP contribution in [-0.4, -0.2) is 62.6 Å². The van der Waals surface area contributed by atoms with Crippen LogP contribution in [0.25, 0.3) is 0 Å². The molecule has 1 aliphatic rings. The number of sulfonamides is 1. The first kappa shape index (κ1) is 25.6. The highest BCUT2D eigenvalue weighted by Gasteiger charge is 2.26. The number of carbonyl (C=O) groups is 2. The molecule has 1 amide bonds. The summed E-state index contributed by atoms with van der Waals surface area (Å²) >= 11 is 6.15. The zero-order chi connectivity index (χ0) is 23.6. The Bertz CT molecular complexity index is 1000. The Morgan fingerprint density at radius 1 is 1.25 bits per heavy atom. The van der Waals surface area contributed by atoms with Gasteiger partial charge in [0.1, 0.15) is 11.6 Å². The molecule has 1 aromatic carbocycles. The van der Waals surface area contributed by atoms with Crippen LogP contribution in [-0.2, 0) is 24.3 Å². The van der Waals surface area contributed by atoms with E-state index in [1.807, 2.05) is 0 Å². The normalized spacial score (nSPS) is 15.1. The molecule has 1 aliphatic heterocycles. The molecule has 1 heterocycles. The van der Waals surface area contributed by atoms with Crippen molar-refractivity contribution in [2.24, 2.45) is 0 Å². The molecular formula is C20H25ClN4O6S. The van der Waals surface area contributed by atoms with Crippen molar-refractivity contribution in [2.45, 2.75) is 30.6 Å². The van der Waals surface area contributed by atoms with Crippen molar-refractivity contribution in [3.63, 3.8) is 0 Å². The number of carbonyl (C=O) groups excluding carboxylic acids is 1. The van der Waals surface area contributed by atoms with Crippen molar-refractivity contribution in [2.75, 3.05) is 38.2 Å². The molecule has 0 atom stereocenters.